The average Bonchev–Trinajstić information content (AvgIpc) is 1.60. The van der Waals surface area contributed by atoms with Gasteiger partial charge >= 0.3 is 0 Å². The van der Waals surface area contributed by atoms with E-state index in [4.69, 9.17) is 25.4 Å². The lowest BCUT2D eigenvalue weighted by Crippen LogP contribution is -2.16. The molecule has 0 aliphatic carbocycles. The number of hydrogen-bond acceptors (Lipinski definition) is 13. The van der Waals surface area contributed by atoms with E-state index in [0.29, 0.717) is 53.6 Å². The van der Waals surface area contributed by atoms with Crippen LogP contribution in [0.5, 0.6) is 0 Å². The lowest BCUT2D eigenvalue weighted by Gasteiger charge is -2.15. The minimum absolute atomic E-state index is 0.0141. The molecule has 0 fully saturated rings. The van der Waals surface area contributed by atoms with Crippen molar-refractivity contribution in [3.8, 4) is 0 Å². The van der Waals surface area contributed by atoms with Gasteiger partial charge in [-0.25, -0.2) is 66.8 Å². The van der Waals surface area contributed by atoms with E-state index < -0.39 is 6.17 Å². The van der Waals surface area contributed by atoms with E-state index in [1.54, 1.807) is 10.7 Å². The van der Waals surface area contributed by atoms with Gasteiger partial charge in [-0.1, -0.05) is 346 Å². The highest BCUT2D eigenvalue weighted by Gasteiger charge is 2.40. The van der Waals surface area contributed by atoms with Gasteiger partial charge in [0.25, 0.3) is 0 Å². The van der Waals surface area contributed by atoms with Crippen LogP contribution in [0.3, 0.4) is 0 Å². The van der Waals surface area contributed by atoms with Gasteiger partial charge in [0.15, 0.2) is 46.9 Å². The van der Waals surface area contributed by atoms with Crippen LogP contribution >= 0.6 is 0 Å². The summed E-state index contributed by atoms with van der Waals surface area (Å²) in [5, 5.41) is 32.7. The highest BCUT2D eigenvalue weighted by atomic mass is 19.1. The highest BCUT2D eigenvalue weighted by Crippen LogP contribution is 2.44. The van der Waals surface area contributed by atoms with Crippen LogP contribution in [0.1, 0.15) is 359 Å². The van der Waals surface area contributed by atoms with Gasteiger partial charge < -0.3 is 0 Å². The number of alkyl halides is 1. The predicted octanol–water partition coefficient (Wildman–Crippen LogP) is 23.0. The van der Waals surface area contributed by atoms with Crippen molar-refractivity contribution < 1.29 is 8.78 Å². The van der Waals surface area contributed by atoms with Gasteiger partial charge in [-0.3, -0.25) is 4.68 Å². The Bertz CT molecular complexity index is 5400. The van der Waals surface area contributed by atoms with E-state index in [9.17, 15) is 8.78 Å². The molecule has 7 aliphatic rings. The quantitative estimate of drug-likeness (QED) is 0.146. The summed E-state index contributed by atoms with van der Waals surface area (Å²) in [5.74, 6) is 12.1. The first kappa shape index (κ1) is 91.2. The van der Waals surface area contributed by atoms with E-state index in [1.807, 2.05) is 67.9 Å². The van der Waals surface area contributed by atoms with Crippen LogP contribution in [0.25, 0.3) is 0 Å². The second-order valence-corrected chi connectivity index (χ2v) is 42.5. The normalized spacial score (nSPS) is 19.4. The van der Waals surface area contributed by atoms with E-state index >= 15 is 0 Å². The molecule has 670 valence electrons. The zero-order valence-corrected chi connectivity index (χ0v) is 79.2. The summed E-state index contributed by atoms with van der Waals surface area (Å²) in [5.41, 5.74) is 11.2. The molecule has 14 aromatic rings. The number of fused-ring (bicyclic) bond motifs is 7. The van der Waals surface area contributed by atoms with Crippen LogP contribution in [0.4, 0.5) is 8.78 Å². The molecular weight excluding hydrogens is 1590 g/mol. The molecule has 128 heavy (non-hydrogen) atoms. The molecule has 0 radical (unpaired) electrons. The Hall–Kier alpha value is -11.6. The smallest absolute Gasteiger partial charge is 0.162 e. The van der Waals surface area contributed by atoms with Crippen LogP contribution in [0.2, 0.25) is 0 Å². The minimum atomic E-state index is -1.02. The van der Waals surface area contributed by atoms with Gasteiger partial charge in [0.2, 0.25) is 0 Å². The zero-order valence-electron chi connectivity index (χ0n) is 79.2. The fourth-order valence-corrected chi connectivity index (χ4v) is 17.5. The van der Waals surface area contributed by atoms with Crippen molar-refractivity contribution in [2.75, 3.05) is 0 Å². The van der Waals surface area contributed by atoms with Gasteiger partial charge in [0.05, 0.1) is 35.9 Å². The fourth-order valence-electron chi connectivity index (χ4n) is 17.5. The van der Waals surface area contributed by atoms with Crippen molar-refractivity contribution >= 4 is 0 Å². The Labute approximate surface area is 756 Å². The number of benzene rings is 7. The van der Waals surface area contributed by atoms with Crippen molar-refractivity contribution in [1.82, 2.24) is 98.4 Å². The highest BCUT2D eigenvalue weighted by molar-refractivity contribution is 5.35. The second-order valence-electron chi connectivity index (χ2n) is 42.5. The molecule has 7 aliphatic heterocycles. The summed E-state index contributed by atoms with van der Waals surface area (Å²) in [6.07, 6.45) is 9.88. The third-order valence-electron chi connectivity index (χ3n) is 24.9. The molecule has 0 bridgehead atoms. The van der Waals surface area contributed by atoms with E-state index in [1.165, 1.54) is 51.7 Å². The summed E-state index contributed by atoms with van der Waals surface area (Å²) < 4.78 is 42.3. The molecule has 22 heteroatoms. The van der Waals surface area contributed by atoms with Gasteiger partial charge in [0, 0.05) is 106 Å². The third kappa shape index (κ3) is 20.6. The van der Waals surface area contributed by atoms with Crippen LogP contribution in [0.15, 0.2) is 212 Å². The molecule has 20 nitrogen and oxygen atoms in total. The molecule has 0 saturated carbocycles. The number of rotatable bonds is 7. The Morgan fingerprint density at radius 1 is 0.273 bits per heavy atom. The van der Waals surface area contributed by atoms with Crippen LogP contribution in [0, 0.1) is 5.82 Å². The van der Waals surface area contributed by atoms with Gasteiger partial charge in [-0.2, -0.15) is 35.7 Å². The number of aryl methyl sites for hydroxylation is 6. The Balaban J connectivity index is 0.000000115. The van der Waals surface area contributed by atoms with Crippen molar-refractivity contribution in [3.05, 3.63) is 338 Å². The lowest BCUT2D eigenvalue weighted by atomic mass is 9.89. The predicted molar refractivity (Wildman–Crippen MR) is 504 cm³/mol. The molecule has 0 N–H and O–H groups in total. The molecule has 7 aromatic heterocycles. The molecule has 0 amide bonds. The largest absolute Gasteiger partial charge is 0.269 e. The summed E-state index contributed by atoms with van der Waals surface area (Å²) >= 11 is 0. The first-order valence-corrected chi connectivity index (χ1v) is 46.2. The van der Waals surface area contributed by atoms with Gasteiger partial charge in [-0.05, 0) is 84.0 Å². The van der Waals surface area contributed by atoms with Crippen LogP contribution < -0.4 is 0 Å². The Morgan fingerprint density at radius 3 is 0.945 bits per heavy atom. The fraction of sp³-hybridized carbons (Fsp3) is 0.462. The number of nitrogens with zero attached hydrogens (tertiary/aromatic N) is 20. The molecule has 7 aromatic carbocycles. The summed E-state index contributed by atoms with van der Waals surface area (Å²) in [7, 11) is 0. The third-order valence-corrected chi connectivity index (χ3v) is 24.9. The molecule has 14 heterocycles. The SMILES string of the molecule is CC(C)(C)c1cc2n(n1)CC[C@@H]2c1ccccc1.CC(C)(C)c1nc2n(n1)C(c1ccccc1)CC2.CC(C)(C)c1nc2n(n1)C(c1ccccc1F)CC2.CC(C)(C)c1nc2n(n1)CC[C@H]2c1ccccc1.CC(C)(C)c1nc2n(n1)[C@@H](c1ccccc1)CC2.CC(C)(C)c1nc2n(n1)[C@@H](c1ccccc1)C[C@H]2F.CC(C)(C)c1nc2n(n1)[C@H](c1ccccc1)CC2. The lowest BCUT2D eigenvalue weighted by molar-refractivity contribution is 0.326. The minimum Gasteiger partial charge on any atom is -0.269 e. The topological polar surface area (TPSA) is 202 Å². The zero-order chi connectivity index (χ0) is 91.0. The summed E-state index contributed by atoms with van der Waals surface area (Å²) in [6, 6.07) is 73.4. The van der Waals surface area contributed by atoms with Crippen molar-refractivity contribution in [2.24, 2.45) is 0 Å². The second kappa shape index (κ2) is 36.9. The van der Waals surface area contributed by atoms with Crippen molar-refractivity contribution in [3.63, 3.8) is 0 Å². The average molecular weight is 1720 g/mol. The summed E-state index contributed by atoms with van der Waals surface area (Å²) in [4.78, 5) is 27.8. The van der Waals surface area contributed by atoms with Gasteiger partial charge in [0.1, 0.15) is 34.9 Å². The van der Waals surface area contributed by atoms with Crippen molar-refractivity contribution in [2.45, 2.75) is 315 Å². The number of hydrogen-bond donors (Lipinski definition) is 0. The maximum atomic E-state index is 14.1. The Morgan fingerprint density at radius 2 is 0.570 bits per heavy atom. The van der Waals surface area contributed by atoms with E-state index in [2.05, 4.69) is 346 Å². The van der Waals surface area contributed by atoms with Gasteiger partial charge in [-0.15, -0.1) is 0 Å². The van der Waals surface area contributed by atoms with Crippen LogP contribution in [-0.4, -0.2) is 98.4 Å². The summed E-state index contributed by atoms with van der Waals surface area (Å²) in [6.45, 7) is 47.1. The molecule has 8 atom stereocenters. The molecule has 21 rings (SSSR count). The monoisotopic (exact) mass is 1720 g/mol. The maximum absolute atomic E-state index is 14.1. The van der Waals surface area contributed by atoms with Crippen molar-refractivity contribution in [1.29, 1.82) is 0 Å². The molecule has 0 spiro atoms. The van der Waals surface area contributed by atoms with E-state index in [-0.39, 0.29) is 55.8 Å². The number of aromatic nitrogens is 20. The van der Waals surface area contributed by atoms with E-state index in [0.717, 1.165) is 135 Å². The molecular formula is C106H132F2N20. The first-order chi connectivity index (χ1) is 60.7. The van der Waals surface area contributed by atoms with Crippen LogP contribution in [-0.2, 0) is 76.7 Å². The standard InChI is InChI=1S/C16H20N2.2C15H18FN3.4C15H19N3/c1-16(2,3)15-11-14-13(9-10-18(14)17-15)12-7-5-4-6-8-12;1-15(2,3)14-17-13-9-8-12(19(13)18-14)10-6-4-5-7-11(10)16;1-15(2,3)14-17-13-11(16)9-12(19(13)18-14)10-7-5-4-6-8-10;1-15(2,3)14-16-13-12(9-10-18(13)17-14)11-7-5-4-6-8-11;3*1-15(2,3)14-16-13-10-9-12(18(13)17-14)11-7-5-4-6-8-11/h4-8,11,13H,9-10H2,1-3H3;4-7,12H,8-9H2,1-3H3;4-8,11-12H,9H2,1-3H3;4*4-8,12H,9-10H2,1-3H3/t13-;;11-,12-;3*12-;/m1.1010./s1. The Kier molecular flexibility index (Phi) is 26.3. The molecule has 0 saturated heterocycles. The molecule has 2 unspecified atom stereocenters. The maximum Gasteiger partial charge on any atom is 0.162 e. The number of halogens is 2. The first-order valence-electron chi connectivity index (χ1n) is 46.2.